The molecular formula is C13H21N3OS. The molecule has 0 fully saturated rings. The van der Waals surface area contributed by atoms with Gasteiger partial charge in [-0.2, -0.15) is 11.8 Å². The number of pyridine rings is 1. The third kappa shape index (κ3) is 4.96. The summed E-state index contributed by atoms with van der Waals surface area (Å²) < 4.78 is 0. The van der Waals surface area contributed by atoms with E-state index in [1.807, 2.05) is 19.9 Å². The van der Waals surface area contributed by atoms with E-state index in [-0.39, 0.29) is 11.9 Å². The maximum Gasteiger partial charge on any atom is 0.253 e. The molecule has 0 bridgehead atoms. The average molecular weight is 267 g/mol. The Balaban J connectivity index is 2.50. The molecule has 2 N–H and O–H groups in total. The highest BCUT2D eigenvalue weighted by Crippen LogP contribution is 2.06. The molecule has 18 heavy (non-hydrogen) atoms. The zero-order chi connectivity index (χ0) is 13.4. The van der Waals surface area contributed by atoms with Gasteiger partial charge in [-0.15, -0.1) is 0 Å². The molecule has 1 unspecified atom stereocenters. The highest BCUT2D eigenvalue weighted by molar-refractivity contribution is 7.98. The zero-order valence-electron chi connectivity index (χ0n) is 11.2. The molecule has 0 saturated heterocycles. The minimum Gasteiger partial charge on any atom is -0.370 e. The highest BCUT2D eigenvalue weighted by atomic mass is 32.2. The number of carbonyl (C=O) groups is 1. The van der Waals surface area contributed by atoms with Gasteiger partial charge in [0.15, 0.2) is 0 Å². The summed E-state index contributed by atoms with van der Waals surface area (Å²) in [5, 5.41) is 6.07. The van der Waals surface area contributed by atoms with Crippen LogP contribution in [0.15, 0.2) is 18.3 Å². The molecule has 4 nitrogen and oxygen atoms in total. The van der Waals surface area contributed by atoms with Crippen molar-refractivity contribution in [3.8, 4) is 0 Å². The lowest BCUT2D eigenvalue weighted by Crippen LogP contribution is -2.33. The number of nitrogens with one attached hydrogen (secondary N) is 2. The van der Waals surface area contributed by atoms with Gasteiger partial charge in [0.25, 0.3) is 5.91 Å². The second kappa shape index (κ2) is 7.97. The molecule has 1 aromatic rings. The molecule has 1 rings (SSSR count). The Morgan fingerprint density at radius 1 is 1.50 bits per heavy atom. The summed E-state index contributed by atoms with van der Waals surface area (Å²) in [6.07, 6.45) is 4.66. The summed E-state index contributed by atoms with van der Waals surface area (Å²) in [5.74, 6) is 1.79. The first kappa shape index (κ1) is 14.8. The smallest absolute Gasteiger partial charge is 0.253 e. The zero-order valence-corrected chi connectivity index (χ0v) is 12.0. The minimum atomic E-state index is -0.0563. The first-order chi connectivity index (χ1) is 8.67. The van der Waals surface area contributed by atoms with Gasteiger partial charge in [-0.05, 0) is 44.4 Å². The lowest BCUT2D eigenvalue weighted by molar-refractivity contribution is 0.0939. The van der Waals surface area contributed by atoms with Crippen LogP contribution in [0.1, 0.15) is 30.6 Å². The molecule has 0 saturated carbocycles. The first-order valence-corrected chi connectivity index (χ1v) is 7.56. The van der Waals surface area contributed by atoms with Gasteiger partial charge in [0.1, 0.15) is 5.82 Å². The van der Waals surface area contributed by atoms with Crippen LogP contribution in [0, 0.1) is 0 Å². The third-order valence-corrected chi connectivity index (χ3v) is 3.16. The van der Waals surface area contributed by atoms with E-state index in [1.165, 1.54) is 0 Å². The van der Waals surface area contributed by atoms with E-state index in [0.29, 0.717) is 5.56 Å². The number of anilines is 1. The van der Waals surface area contributed by atoms with Crippen LogP contribution in [-0.2, 0) is 0 Å². The summed E-state index contributed by atoms with van der Waals surface area (Å²) in [7, 11) is 0. The normalized spacial score (nSPS) is 11.9. The summed E-state index contributed by atoms with van der Waals surface area (Å²) in [5.41, 5.74) is 0.604. The van der Waals surface area contributed by atoms with Crippen LogP contribution >= 0.6 is 11.8 Å². The number of hydrogen-bond acceptors (Lipinski definition) is 4. The lowest BCUT2D eigenvalue weighted by Gasteiger charge is -2.13. The van der Waals surface area contributed by atoms with E-state index >= 15 is 0 Å². The number of aromatic nitrogens is 1. The van der Waals surface area contributed by atoms with Crippen molar-refractivity contribution in [2.75, 3.05) is 23.9 Å². The quantitative estimate of drug-likeness (QED) is 0.796. The molecule has 5 heteroatoms. The first-order valence-electron chi connectivity index (χ1n) is 6.17. The van der Waals surface area contributed by atoms with Crippen LogP contribution in [0.4, 0.5) is 5.82 Å². The predicted octanol–water partition coefficient (Wildman–Crippen LogP) is 2.38. The van der Waals surface area contributed by atoms with Crippen LogP contribution in [0.2, 0.25) is 0 Å². The van der Waals surface area contributed by atoms with Crippen molar-refractivity contribution in [1.29, 1.82) is 0 Å². The van der Waals surface area contributed by atoms with Crippen molar-refractivity contribution >= 4 is 23.5 Å². The van der Waals surface area contributed by atoms with Crippen molar-refractivity contribution < 1.29 is 4.79 Å². The SMILES string of the molecule is CCNc1ccc(C(=O)NC(C)CCSC)cn1. The highest BCUT2D eigenvalue weighted by Gasteiger charge is 2.09. The van der Waals surface area contributed by atoms with Crippen molar-refractivity contribution in [3.63, 3.8) is 0 Å². The van der Waals surface area contributed by atoms with Gasteiger partial charge in [0, 0.05) is 18.8 Å². The molecule has 0 spiro atoms. The molecule has 0 aromatic carbocycles. The van der Waals surface area contributed by atoms with Crippen molar-refractivity contribution in [2.24, 2.45) is 0 Å². The molecule has 1 heterocycles. The van der Waals surface area contributed by atoms with E-state index in [4.69, 9.17) is 0 Å². The van der Waals surface area contributed by atoms with Crippen LogP contribution in [-0.4, -0.2) is 35.5 Å². The molecule has 1 aromatic heterocycles. The van der Waals surface area contributed by atoms with E-state index in [1.54, 1.807) is 24.0 Å². The maximum atomic E-state index is 11.9. The van der Waals surface area contributed by atoms with Gasteiger partial charge in [-0.25, -0.2) is 4.98 Å². The Morgan fingerprint density at radius 2 is 2.28 bits per heavy atom. The molecule has 0 aliphatic heterocycles. The fourth-order valence-electron chi connectivity index (χ4n) is 1.49. The van der Waals surface area contributed by atoms with E-state index < -0.39 is 0 Å². The topological polar surface area (TPSA) is 54.0 Å². The van der Waals surface area contributed by atoms with E-state index in [0.717, 1.165) is 24.5 Å². The van der Waals surface area contributed by atoms with Gasteiger partial charge in [-0.1, -0.05) is 0 Å². The second-order valence-corrected chi connectivity index (χ2v) is 5.10. The summed E-state index contributed by atoms with van der Waals surface area (Å²) in [6, 6.07) is 3.81. The van der Waals surface area contributed by atoms with Crippen molar-refractivity contribution in [2.45, 2.75) is 26.3 Å². The number of hydrogen-bond donors (Lipinski definition) is 2. The number of rotatable bonds is 7. The van der Waals surface area contributed by atoms with E-state index in [9.17, 15) is 4.79 Å². The molecular weight excluding hydrogens is 246 g/mol. The lowest BCUT2D eigenvalue weighted by atomic mass is 10.2. The van der Waals surface area contributed by atoms with Crippen LogP contribution in [0.25, 0.3) is 0 Å². The minimum absolute atomic E-state index is 0.0563. The molecule has 0 aliphatic carbocycles. The van der Waals surface area contributed by atoms with Gasteiger partial charge in [0.2, 0.25) is 0 Å². The fourth-order valence-corrected chi connectivity index (χ4v) is 2.08. The van der Waals surface area contributed by atoms with Crippen LogP contribution < -0.4 is 10.6 Å². The second-order valence-electron chi connectivity index (χ2n) is 4.12. The molecule has 0 aliphatic rings. The number of carbonyl (C=O) groups excluding carboxylic acids is 1. The number of amides is 1. The molecule has 0 radical (unpaired) electrons. The number of thioether (sulfide) groups is 1. The maximum absolute atomic E-state index is 11.9. The van der Waals surface area contributed by atoms with Crippen LogP contribution in [0.5, 0.6) is 0 Å². The molecule has 100 valence electrons. The Bertz CT molecular complexity index is 367. The predicted molar refractivity (Wildman–Crippen MR) is 78.3 cm³/mol. The summed E-state index contributed by atoms with van der Waals surface area (Å²) >= 11 is 1.79. The van der Waals surface area contributed by atoms with Crippen molar-refractivity contribution in [3.05, 3.63) is 23.9 Å². The van der Waals surface area contributed by atoms with Gasteiger partial charge in [0.05, 0.1) is 5.56 Å². The standard InChI is InChI=1S/C13H21N3OS/c1-4-14-12-6-5-11(9-15-12)13(17)16-10(2)7-8-18-3/h5-6,9-10H,4,7-8H2,1-3H3,(H,14,15)(H,16,17). The Hall–Kier alpha value is -1.23. The fraction of sp³-hybridized carbons (Fsp3) is 0.538. The summed E-state index contributed by atoms with van der Waals surface area (Å²) in [4.78, 5) is 16.1. The molecule has 1 atom stereocenters. The largest absolute Gasteiger partial charge is 0.370 e. The van der Waals surface area contributed by atoms with Crippen molar-refractivity contribution in [1.82, 2.24) is 10.3 Å². The van der Waals surface area contributed by atoms with Gasteiger partial charge in [-0.3, -0.25) is 4.79 Å². The van der Waals surface area contributed by atoms with E-state index in [2.05, 4.69) is 21.9 Å². The van der Waals surface area contributed by atoms with Gasteiger partial charge >= 0.3 is 0 Å². The third-order valence-electron chi connectivity index (χ3n) is 2.52. The molecule has 1 amide bonds. The number of nitrogens with zero attached hydrogens (tertiary/aromatic N) is 1. The monoisotopic (exact) mass is 267 g/mol. The Morgan fingerprint density at radius 3 is 2.83 bits per heavy atom. The Kier molecular flexibility index (Phi) is 6.57. The summed E-state index contributed by atoms with van der Waals surface area (Å²) in [6.45, 7) is 4.86. The van der Waals surface area contributed by atoms with Crippen LogP contribution in [0.3, 0.4) is 0 Å². The van der Waals surface area contributed by atoms with Gasteiger partial charge < -0.3 is 10.6 Å². The average Bonchev–Trinajstić information content (AvgIpc) is 2.37. The Labute approximate surface area is 113 Å².